The molecule has 0 bridgehead atoms. The molecule has 0 aliphatic rings. The summed E-state index contributed by atoms with van der Waals surface area (Å²) in [5, 5.41) is 6.80. The zero-order chi connectivity index (χ0) is 17.5. The fourth-order valence-electron chi connectivity index (χ4n) is 2.20. The molecule has 0 saturated carbocycles. The SMILES string of the molecule is CCNC(=O)CN(CC)C(=O)c1ccc(=O)n(-c2ccccc2)n1. The lowest BCUT2D eigenvalue weighted by atomic mass is 10.3. The summed E-state index contributed by atoms with van der Waals surface area (Å²) in [6.07, 6.45) is 0. The van der Waals surface area contributed by atoms with Crippen molar-refractivity contribution in [3.05, 3.63) is 58.5 Å². The van der Waals surface area contributed by atoms with E-state index in [1.807, 2.05) is 13.0 Å². The van der Waals surface area contributed by atoms with Gasteiger partial charge in [-0.25, -0.2) is 0 Å². The second kappa shape index (κ2) is 8.05. The Morgan fingerprint density at radius 2 is 1.83 bits per heavy atom. The second-order valence-electron chi connectivity index (χ2n) is 5.08. The Bertz CT molecular complexity index is 771. The van der Waals surface area contributed by atoms with Crippen LogP contribution in [0, 0.1) is 0 Å². The smallest absolute Gasteiger partial charge is 0.274 e. The summed E-state index contributed by atoms with van der Waals surface area (Å²) in [4.78, 5) is 37.7. The first-order valence-electron chi connectivity index (χ1n) is 7.78. The van der Waals surface area contributed by atoms with Crippen molar-refractivity contribution in [1.82, 2.24) is 20.0 Å². The van der Waals surface area contributed by atoms with Gasteiger partial charge in [0, 0.05) is 19.2 Å². The fourth-order valence-corrected chi connectivity index (χ4v) is 2.20. The number of nitrogens with zero attached hydrogens (tertiary/aromatic N) is 3. The average Bonchev–Trinajstić information content (AvgIpc) is 2.60. The van der Waals surface area contributed by atoms with E-state index in [-0.39, 0.29) is 23.7 Å². The summed E-state index contributed by atoms with van der Waals surface area (Å²) >= 11 is 0. The molecule has 2 aromatic rings. The van der Waals surface area contributed by atoms with Crippen LogP contribution >= 0.6 is 0 Å². The molecule has 7 nitrogen and oxygen atoms in total. The van der Waals surface area contributed by atoms with Gasteiger partial charge in [-0.1, -0.05) is 18.2 Å². The van der Waals surface area contributed by atoms with Crippen LogP contribution in [-0.2, 0) is 4.79 Å². The Morgan fingerprint density at radius 1 is 1.12 bits per heavy atom. The predicted molar refractivity (Wildman–Crippen MR) is 90.1 cm³/mol. The lowest BCUT2D eigenvalue weighted by Crippen LogP contribution is -2.41. The molecule has 1 N–H and O–H groups in total. The third-order valence-corrected chi connectivity index (χ3v) is 3.40. The number of benzene rings is 1. The molecule has 2 rings (SSSR count). The van der Waals surface area contributed by atoms with Gasteiger partial charge in [-0.2, -0.15) is 9.78 Å². The molecule has 0 atom stereocenters. The molecule has 0 spiro atoms. The van der Waals surface area contributed by atoms with Gasteiger partial charge in [0.25, 0.3) is 11.5 Å². The Kier molecular flexibility index (Phi) is 5.83. The molecule has 1 heterocycles. The van der Waals surface area contributed by atoms with Crippen LogP contribution in [0.5, 0.6) is 0 Å². The van der Waals surface area contributed by atoms with E-state index in [0.29, 0.717) is 18.8 Å². The minimum absolute atomic E-state index is 0.0463. The number of aromatic nitrogens is 2. The fraction of sp³-hybridized carbons (Fsp3) is 0.294. The molecule has 24 heavy (non-hydrogen) atoms. The van der Waals surface area contributed by atoms with Gasteiger partial charge in [0.15, 0.2) is 0 Å². The Labute approximate surface area is 139 Å². The number of likely N-dealkylation sites (N-methyl/N-ethyl adjacent to an activating group) is 2. The van der Waals surface area contributed by atoms with Gasteiger partial charge in [0.05, 0.1) is 12.2 Å². The topological polar surface area (TPSA) is 84.3 Å². The molecule has 0 saturated heterocycles. The first-order valence-corrected chi connectivity index (χ1v) is 7.78. The lowest BCUT2D eigenvalue weighted by molar-refractivity contribution is -0.121. The van der Waals surface area contributed by atoms with Crippen LogP contribution in [0.2, 0.25) is 0 Å². The van der Waals surface area contributed by atoms with Crippen LogP contribution < -0.4 is 10.9 Å². The highest BCUT2D eigenvalue weighted by atomic mass is 16.2. The van der Waals surface area contributed by atoms with Crippen LogP contribution in [0.3, 0.4) is 0 Å². The van der Waals surface area contributed by atoms with E-state index in [1.165, 1.54) is 21.7 Å². The normalized spacial score (nSPS) is 10.2. The van der Waals surface area contributed by atoms with Gasteiger partial charge in [0.1, 0.15) is 5.69 Å². The number of carbonyl (C=O) groups is 2. The van der Waals surface area contributed by atoms with E-state index in [1.54, 1.807) is 31.2 Å². The van der Waals surface area contributed by atoms with Gasteiger partial charge in [-0.15, -0.1) is 0 Å². The van der Waals surface area contributed by atoms with Crippen LogP contribution in [0.4, 0.5) is 0 Å². The lowest BCUT2D eigenvalue weighted by Gasteiger charge is -2.20. The maximum Gasteiger partial charge on any atom is 0.274 e. The third kappa shape index (κ3) is 4.07. The molecule has 0 radical (unpaired) electrons. The minimum atomic E-state index is -0.395. The number of para-hydroxylation sites is 1. The van der Waals surface area contributed by atoms with Crippen molar-refractivity contribution in [1.29, 1.82) is 0 Å². The summed E-state index contributed by atoms with van der Waals surface area (Å²) in [6.45, 7) is 4.41. The highest BCUT2D eigenvalue weighted by Gasteiger charge is 2.19. The van der Waals surface area contributed by atoms with Gasteiger partial charge in [0.2, 0.25) is 5.91 Å². The molecule has 0 fully saturated rings. The first kappa shape index (κ1) is 17.4. The number of hydrogen-bond donors (Lipinski definition) is 1. The molecule has 2 amide bonds. The Morgan fingerprint density at radius 3 is 2.46 bits per heavy atom. The molecule has 0 aliphatic heterocycles. The molecular formula is C17H20N4O3. The molecule has 126 valence electrons. The van der Waals surface area contributed by atoms with Crippen LogP contribution in [-0.4, -0.2) is 46.1 Å². The maximum atomic E-state index is 12.6. The number of nitrogens with one attached hydrogen (secondary N) is 1. The van der Waals surface area contributed by atoms with E-state index in [4.69, 9.17) is 0 Å². The predicted octanol–water partition coefficient (Wildman–Crippen LogP) is 0.831. The van der Waals surface area contributed by atoms with Gasteiger partial charge in [-0.3, -0.25) is 14.4 Å². The van der Waals surface area contributed by atoms with Crippen molar-refractivity contribution < 1.29 is 9.59 Å². The summed E-state index contributed by atoms with van der Waals surface area (Å²) in [7, 11) is 0. The number of carbonyl (C=O) groups excluding carboxylic acids is 2. The minimum Gasteiger partial charge on any atom is -0.355 e. The van der Waals surface area contributed by atoms with Crippen LogP contribution in [0.25, 0.3) is 5.69 Å². The maximum absolute atomic E-state index is 12.6. The molecule has 0 aliphatic carbocycles. The summed E-state index contributed by atoms with van der Waals surface area (Å²) in [5.41, 5.74) is 0.359. The van der Waals surface area contributed by atoms with E-state index in [0.717, 1.165) is 0 Å². The van der Waals surface area contributed by atoms with E-state index < -0.39 is 5.91 Å². The highest BCUT2D eigenvalue weighted by Crippen LogP contribution is 2.05. The number of rotatable bonds is 6. The van der Waals surface area contributed by atoms with Crippen LogP contribution in [0.1, 0.15) is 24.3 Å². The number of hydrogen-bond acceptors (Lipinski definition) is 4. The summed E-state index contributed by atoms with van der Waals surface area (Å²) in [5.74, 6) is -0.627. The summed E-state index contributed by atoms with van der Waals surface area (Å²) in [6, 6.07) is 11.5. The second-order valence-corrected chi connectivity index (χ2v) is 5.08. The van der Waals surface area contributed by atoms with Crippen molar-refractivity contribution in [2.75, 3.05) is 19.6 Å². The first-order chi connectivity index (χ1) is 11.6. The van der Waals surface area contributed by atoms with Crippen LogP contribution in [0.15, 0.2) is 47.3 Å². The molecule has 0 unspecified atom stereocenters. The molecule has 7 heteroatoms. The van der Waals surface area contributed by atoms with E-state index in [9.17, 15) is 14.4 Å². The quantitative estimate of drug-likeness (QED) is 0.851. The standard InChI is InChI=1S/C17H20N4O3/c1-3-18-15(22)12-20(4-2)17(24)14-10-11-16(23)21(19-14)13-8-6-5-7-9-13/h5-11H,3-4,12H2,1-2H3,(H,18,22). The van der Waals surface area contributed by atoms with Gasteiger partial charge < -0.3 is 10.2 Å². The zero-order valence-electron chi connectivity index (χ0n) is 13.7. The molecular weight excluding hydrogens is 308 g/mol. The van der Waals surface area contributed by atoms with Gasteiger partial charge in [-0.05, 0) is 32.0 Å². The summed E-state index contributed by atoms with van der Waals surface area (Å²) < 4.78 is 1.17. The Balaban J connectivity index is 2.29. The number of amides is 2. The average molecular weight is 328 g/mol. The van der Waals surface area contributed by atoms with Crippen molar-refractivity contribution in [3.63, 3.8) is 0 Å². The van der Waals surface area contributed by atoms with E-state index in [2.05, 4.69) is 10.4 Å². The van der Waals surface area contributed by atoms with Crippen molar-refractivity contribution in [2.45, 2.75) is 13.8 Å². The zero-order valence-corrected chi connectivity index (χ0v) is 13.7. The monoisotopic (exact) mass is 328 g/mol. The largest absolute Gasteiger partial charge is 0.355 e. The van der Waals surface area contributed by atoms with Crippen molar-refractivity contribution in [3.8, 4) is 5.69 Å². The van der Waals surface area contributed by atoms with Crippen molar-refractivity contribution >= 4 is 11.8 Å². The third-order valence-electron chi connectivity index (χ3n) is 3.40. The molecule has 1 aromatic heterocycles. The van der Waals surface area contributed by atoms with E-state index >= 15 is 0 Å². The van der Waals surface area contributed by atoms with Crippen molar-refractivity contribution in [2.24, 2.45) is 0 Å². The molecule has 1 aromatic carbocycles. The highest BCUT2D eigenvalue weighted by molar-refractivity contribution is 5.94. The van der Waals surface area contributed by atoms with Gasteiger partial charge >= 0.3 is 0 Å². The Hall–Kier alpha value is -2.96.